The molecule has 0 saturated carbocycles. The van der Waals surface area contributed by atoms with Crippen molar-refractivity contribution >= 4 is 5.91 Å². The van der Waals surface area contributed by atoms with E-state index in [4.69, 9.17) is 9.15 Å². The van der Waals surface area contributed by atoms with E-state index >= 15 is 0 Å². The maximum absolute atomic E-state index is 12.5. The maximum atomic E-state index is 12.5. The van der Waals surface area contributed by atoms with Crippen LogP contribution < -0.4 is 10.1 Å². The van der Waals surface area contributed by atoms with Crippen LogP contribution in [0.4, 0.5) is 0 Å². The number of aromatic nitrogens is 2. The Hall–Kier alpha value is -3.02. The van der Waals surface area contributed by atoms with Crippen LogP contribution in [0, 0.1) is 6.92 Å². The Morgan fingerprint density at radius 2 is 2.08 bits per heavy atom. The van der Waals surface area contributed by atoms with Gasteiger partial charge in [-0.3, -0.25) is 9.89 Å². The molecule has 0 atom stereocenters. The van der Waals surface area contributed by atoms with Gasteiger partial charge in [0.25, 0.3) is 5.91 Å². The summed E-state index contributed by atoms with van der Waals surface area (Å²) in [6, 6.07) is 11.3. The molecule has 2 aromatic heterocycles. The third kappa shape index (κ3) is 3.32. The predicted molar refractivity (Wildman–Crippen MR) is 90.1 cm³/mol. The van der Waals surface area contributed by atoms with Crippen molar-refractivity contribution in [2.75, 3.05) is 13.7 Å². The van der Waals surface area contributed by atoms with Gasteiger partial charge in [-0.05, 0) is 43.2 Å². The number of hydrogen-bond acceptors (Lipinski definition) is 4. The van der Waals surface area contributed by atoms with Crippen molar-refractivity contribution in [2.24, 2.45) is 0 Å². The van der Waals surface area contributed by atoms with Crippen molar-refractivity contribution in [2.45, 2.75) is 13.3 Å². The van der Waals surface area contributed by atoms with E-state index in [2.05, 4.69) is 15.5 Å². The second-order valence-electron chi connectivity index (χ2n) is 5.40. The molecule has 0 saturated heterocycles. The van der Waals surface area contributed by atoms with Crippen molar-refractivity contribution in [3.05, 3.63) is 59.5 Å². The van der Waals surface area contributed by atoms with Gasteiger partial charge >= 0.3 is 0 Å². The highest BCUT2D eigenvalue weighted by Crippen LogP contribution is 2.23. The van der Waals surface area contributed by atoms with Crippen molar-refractivity contribution in [1.82, 2.24) is 15.5 Å². The average molecular weight is 325 g/mol. The zero-order chi connectivity index (χ0) is 16.9. The second-order valence-corrected chi connectivity index (χ2v) is 5.40. The van der Waals surface area contributed by atoms with E-state index in [0.29, 0.717) is 29.3 Å². The van der Waals surface area contributed by atoms with Crippen LogP contribution in [0.2, 0.25) is 0 Å². The van der Waals surface area contributed by atoms with Gasteiger partial charge in [0.05, 0.1) is 18.9 Å². The molecule has 6 nitrogen and oxygen atoms in total. The predicted octanol–water partition coefficient (Wildman–Crippen LogP) is 2.96. The average Bonchev–Trinajstić information content (AvgIpc) is 3.24. The standard InChI is InChI=1S/C18H19N3O3/c1-12-16(17(21-20-12)15-4-3-11-24-15)18(22)19-10-9-13-5-7-14(23-2)8-6-13/h3-8,11H,9-10H2,1-2H3,(H,19,22)(H,20,21). The number of nitrogens with one attached hydrogen (secondary N) is 2. The molecule has 0 aliphatic carbocycles. The molecule has 1 amide bonds. The number of furan rings is 1. The first-order valence-corrected chi connectivity index (χ1v) is 7.69. The van der Waals surface area contributed by atoms with E-state index in [0.717, 1.165) is 17.7 Å². The third-order valence-corrected chi connectivity index (χ3v) is 3.79. The van der Waals surface area contributed by atoms with Gasteiger partial charge in [0.2, 0.25) is 0 Å². The summed E-state index contributed by atoms with van der Waals surface area (Å²) in [5.41, 5.74) is 2.88. The number of benzene rings is 1. The van der Waals surface area contributed by atoms with Crippen LogP contribution in [-0.4, -0.2) is 29.8 Å². The van der Waals surface area contributed by atoms with E-state index in [1.165, 1.54) is 0 Å². The van der Waals surface area contributed by atoms with E-state index in [1.54, 1.807) is 25.5 Å². The number of H-pyrrole nitrogens is 1. The summed E-state index contributed by atoms with van der Waals surface area (Å²) in [6.45, 7) is 2.35. The molecule has 2 heterocycles. The smallest absolute Gasteiger partial charge is 0.255 e. The lowest BCUT2D eigenvalue weighted by Crippen LogP contribution is -2.26. The van der Waals surface area contributed by atoms with Gasteiger partial charge in [-0.25, -0.2) is 0 Å². The number of amides is 1. The molecule has 3 aromatic rings. The van der Waals surface area contributed by atoms with Crippen LogP contribution in [0.25, 0.3) is 11.5 Å². The fraction of sp³-hybridized carbons (Fsp3) is 0.222. The number of ether oxygens (including phenoxy) is 1. The minimum Gasteiger partial charge on any atom is -0.497 e. The normalized spacial score (nSPS) is 10.6. The van der Waals surface area contributed by atoms with Gasteiger partial charge in [-0.1, -0.05) is 12.1 Å². The molecule has 1 aromatic carbocycles. The van der Waals surface area contributed by atoms with Crippen LogP contribution in [-0.2, 0) is 6.42 Å². The Kier molecular flexibility index (Phi) is 4.65. The number of methoxy groups -OCH3 is 1. The van der Waals surface area contributed by atoms with Crippen molar-refractivity contribution in [1.29, 1.82) is 0 Å². The molecule has 2 N–H and O–H groups in total. The van der Waals surface area contributed by atoms with E-state index < -0.39 is 0 Å². The van der Waals surface area contributed by atoms with E-state index in [9.17, 15) is 4.79 Å². The minimum absolute atomic E-state index is 0.166. The van der Waals surface area contributed by atoms with Gasteiger partial charge < -0.3 is 14.5 Å². The van der Waals surface area contributed by atoms with Gasteiger partial charge in [0, 0.05) is 12.2 Å². The number of carbonyl (C=O) groups excluding carboxylic acids is 1. The molecule has 0 radical (unpaired) electrons. The lowest BCUT2D eigenvalue weighted by Gasteiger charge is -2.07. The molecular weight excluding hydrogens is 306 g/mol. The summed E-state index contributed by atoms with van der Waals surface area (Å²) in [7, 11) is 1.64. The van der Waals surface area contributed by atoms with E-state index in [-0.39, 0.29) is 5.91 Å². The summed E-state index contributed by atoms with van der Waals surface area (Å²) in [6.07, 6.45) is 2.30. The molecule has 24 heavy (non-hydrogen) atoms. The first-order chi connectivity index (χ1) is 11.7. The highest BCUT2D eigenvalue weighted by Gasteiger charge is 2.20. The van der Waals surface area contributed by atoms with Crippen LogP contribution in [0.3, 0.4) is 0 Å². The fourth-order valence-corrected chi connectivity index (χ4v) is 2.50. The fourth-order valence-electron chi connectivity index (χ4n) is 2.50. The van der Waals surface area contributed by atoms with Crippen LogP contribution in [0.1, 0.15) is 21.6 Å². The molecular formula is C18H19N3O3. The number of nitrogens with zero attached hydrogens (tertiary/aromatic N) is 1. The highest BCUT2D eigenvalue weighted by atomic mass is 16.5. The Labute approximate surface area is 139 Å². The number of aryl methyl sites for hydroxylation is 1. The van der Waals surface area contributed by atoms with Gasteiger partial charge in [0.15, 0.2) is 5.76 Å². The Morgan fingerprint density at radius 3 is 2.75 bits per heavy atom. The van der Waals surface area contributed by atoms with Crippen LogP contribution in [0.15, 0.2) is 47.1 Å². The summed E-state index contributed by atoms with van der Waals surface area (Å²) in [5.74, 6) is 1.22. The molecule has 124 valence electrons. The Balaban J connectivity index is 1.64. The Bertz CT molecular complexity index is 805. The molecule has 0 aliphatic rings. The first kappa shape index (κ1) is 15.9. The summed E-state index contributed by atoms with van der Waals surface area (Å²) in [4.78, 5) is 12.5. The molecule has 0 aliphatic heterocycles. The van der Waals surface area contributed by atoms with Crippen molar-refractivity contribution < 1.29 is 13.9 Å². The largest absolute Gasteiger partial charge is 0.497 e. The summed E-state index contributed by atoms with van der Waals surface area (Å²) in [5, 5.41) is 9.95. The number of carbonyl (C=O) groups is 1. The van der Waals surface area contributed by atoms with Crippen LogP contribution >= 0.6 is 0 Å². The first-order valence-electron chi connectivity index (χ1n) is 7.69. The molecule has 6 heteroatoms. The summed E-state index contributed by atoms with van der Waals surface area (Å²) >= 11 is 0. The van der Waals surface area contributed by atoms with Gasteiger partial charge in [0.1, 0.15) is 11.4 Å². The highest BCUT2D eigenvalue weighted by molar-refractivity contribution is 6.00. The van der Waals surface area contributed by atoms with Gasteiger partial charge in [-0.15, -0.1) is 0 Å². The van der Waals surface area contributed by atoms with Crippen molar-refractivity contribution in [3.63, 3.8) is 0 Å². The molecule has 0 unspecified atom stereocenters. The molecule has 0 fully saturated rings. The molecule has 3 rings (SSSR count). The number of hydrogen-bond donors (Lipinski definition) is 2. The summed E-state index contributed by atoms with van der Waals surface area (Å²) < 4.78 is 10.5. The van der Waals surface area contributed by atoms with Crippen molar-refractivity contribution in [3.8, 4) is 17.2 Å². The molecule has 0 spiro atoms. The topological polar surface area (TPSA) is 80.2 Å². The quantitative estimate of drug-likeness (QED) is 0.730. The minimum atomic E-state index is -0.166. The third-order valence-electron chi connectivity index (χ3n) is 3.79. The second kappa shape index (κ2) is 7.04. The zero-order valence-corrected chi connectivity index (χ0v) is 13.6. The van der Waals surface area contributed by atoms with Crippen LogP contribution in [0.5, 0.6) is 5.75 Å². The maximum Gasteiger partial charge on any atom is 0.255 e. The zero-order valence-electron chi connectivity index (χ0n) is 13.6. The lowest BCUT2D eigenvalue weighted by atomic mass is 10.1. The monoisotopic (exact) mass is 325 g/mol. The lowest BCUT2D eigenvalue weighted by molar-refractivity contribution is 0.0954. The van der Waals surface area contributed by atoms with E-state index in [1.807, 2.05) is 31.2 Å². The molecule has 0 bridgehead atoms. The van der Waals surface area contributed by atoms with Gasteiger partial charge in [-0.2, -0.15) is 5.10 Å². The Morgan fingerprint density at radius 1 is 1.29 bits per heavy atom. The SMILES string of the molecule is COc1ccc(CCNC(=O)c2c(-c3ccco3)n[nH]c2C)cc1. The number of aromatic amines is 1. The number of rotatable bonds is 6.